The van der Waals surface area contributed by atoms with Crippen molar-refractivity contribution < 1.29 is 5.11 Å². The molecular formula is C20H24ClN2O. The molecule has 3 rings (SSSR count). The fourth-order valence-electron chi connectivity index (χ4n) is 3.34. The predicted octanol–water partition coefficient (Wildman–Crippen LogP) is 4.12. The third-order valence-electron chi connectivity index (χ3n) is 4.74. The molecule has 0 aromatic heterocycles. The van der Waals surface area contributed by atoms with Crippen LogP contribution in [0.15, 0.2) is 54.6 Å². The average Bonchev–Trinajstić information content (AvgIpc) is 2.62. The van der Waals surface area contributed by atoms with Crippen LogP contribution in [0.25, 0.3) is 0 Å². The summed E-state index contributed by atoms with van der Waals surface area (Å²) in [5.74, 6) is 0. The van der Waals surface area contributed by atoms with Crippen molar-refractivity contribution in [1.29, 1.82) is 0 Å². The summed E-state index contributed by atoms with van der Waals surface area (Å²) in [7, 11) is 0. The van der Waals surface area contributed by atoms with Crippen LogP contribution in [-0.2, 0) is 6.42 Å². The zero-order valence-electron chi connectivity index (χ0n) is 14.0. The van der Waals surface area contributed by atoms with E-state index in [1.54, 1.807) is 6.92 Å². The summed E-state index contributed by atoms with van der Waals surface area (Å²) in [5, 5.41) is 10.5. The van der Waals surface area contributed by atoms with Crippen LogP contribution in [0.5, 0.6) is 0 Å². The van der Waals surface area contributed by atoms with E-state index in [0.29, 0.717) is 12.3 Å². The highest BCUT2D eigenvalue weighted by atomic mass is 35.5. The van der Waals surface area contributed by atoms with Gasteiger partial charge < -0.3 is 5.11 Å². The number of rotatable bonds is 5. The first-order valence-corrected chi connectivity index (χ1v) is 8.82. The molecule has 24 heavy (non-hydrogen) atoms. The predicted molar refractivity (Wildman–Crippen MR) is 98.3 cm³/mol. The van der Waals surface area contributed by atoms with Crippen molar-refractivity contribution in [3.05, 3.63) is 77.0 Å². The number of piperazine rings is 1. The maximum atomic E-state index is 9.69. The largest absolute Gasteiger partial charge is 0.371 e. The van der Waals surface area contributed by atoms with Crippen molar-refractivity contribution in [3.8, 4) is 0 Å². The summed E-state index contributed by atoms with van der Waals surface area (Å²) in [6.45, 7) is 5.37. The van der Waals surface area contributed by atoms with Gasteiger partial charge in [0.05, 0.1) is 0 Å². The molecule has 1 fully saturated rings. The Hall–Kier alpha value is -1.39. The van der Waals surface area contributed by atoms with Crippen molar-refractivity contribution in [1.82, 2.24) is 9.80 Å². The normalized spacial score (nSPS) is 18.0. The van der Waals surface area contributed by atoms with Crippen molar-refractivity contribution in [3.63, 3.8) is 0 Å². The minimum atomic E-state index is 0.325. The molecule has 0 amide bonds. The Kier molecular flexibility index (Phi) is 5.90. The summed E-state index contributed by atoms with van der Waals surface area (Å²) >= 11 is 6.07. The highest BCUT2D eigenvalue weighted by Crippen LogP contribution is 2.28. The number of aliphatic hydroxyl groups is 1. The van der Waals surface area contributed by atoms with Crippen LogP contribution in [0.4, 0.5) is 0 Å². The van der Waals surface area contributed by atoms with Gasteiger partial charge in [0.1, 0.15) is 0 Å². The molecule has 2 aromatic rings. The summed E-state index contributed by atoms with van der Waals surface area (Å²) in [6, 6.07) is 19.1. The molecule has 1 radical (unpaired) electrons. The highest BCUT2D eigenvalue weighted by molar-refractivity contribution is 6.30. The van der Waals surface area contributed by atoms with Gasteiger partial charge in [-0.3, -0.25) is 9.80 Å². The molecule has 1 aliphatic rings. The van der Waals surface area contributed by atoms with E-state index >= 15 is 0 Å². The van der Waals surface area contributed by atoms with Gasteiger partial charge in [-0.2, -0.15) is 0 Å². The van der Waals surface area contributed by atoms with Gasteiger partial charge in [0, 0.05) is 37.2 Å². The lowest BCUT2D eigenvalue weighted by Crippen LogP contribution is -2.48. The second-order valence-electron chi connectivity index (χ2n) is 6.33. The molecule has 0 saturated carbocycles. The molecule has 4 heteroatoms. The van der Waals surface area contributed by atoms with Crippen LogP contribution in [0, 0.1) is 6.23 Å². The Balaban J connectivity index is 1.78. The first kappa shape index (κ1) is 17.4. The SMILES string of the molecule is C[C](O)N1CCN(C(Cc2ccccc2)c2ccc(Cl)cc2)CC1. The van der Waals surface area contributed by atoms with E-state index < -0.39 is 0 Å². The smallest absolute Gasteiger partial charge is 0.158 e. The van der Waals surface area contributed by atoms with Crippen molar-refractivity contribution >= 4 is 11.6 Å². The van der Waals surface area contributed by atoms with Gasteiger partial charge in [0.2, 0.25) is 0 Å². The van der Waals surface area contributed by atoms with E-state index in [-0.39, 0.29) is 0 Å². The Morgan fingerprint density at radius 3 is 2.21 bits per heavy atom. The molecule has 1 heterocycles. The van der Waals surface area contributed by atoms with Crippen LogP contribution in [0.1, 0.15) is 24.1 Å². The fourth-order valence-corrected chi connectivity index (χ4v) is 3.46. The maximum Gasteiger partial charge on any atom is 0.158 e. The highest BCUT2D eigenvalue weighted by Gasteiger charge is 2.27. The number of halogens is 1. The van der Waals surface area contributed by atoms with E-state index in [0.717, 1.165) is 37.6 Å². The van der Waals surface area contributed by atoms with Crippen LogP contribution in [0.2, 0.25) is 5.02 Å². The minimum Gasteiger partial charge on any atom is -0.371 e. The first-order valence-electron chi connectivity index (χ1n) is 8.44. The molecule has 3 nitrogen and oxygen atoms in total. The molecular weight excluding hydrogens is 320 g/mol. The maximum absolute atomic E-state index is 9.69. The molecule has 1 unspecified atom stereocenters. The third-order valence-corrected chi connectivity index (χ3v) is 4.99. The summed E-state index contributed by atoms with van der Waals surface area (Å²) in [5.41, 5.74) is 2.63. The van der Waals surface area contributed by atoms with Gasteiger partial charge in [0.25, 0.3) is 0 Å². The van der Waals surface area contributed by atoms with Gasteiger partial charge in [0.15, 0.2) is 6.23 Å². The van der Waals surface area contributed by atoms with E-state index in [1.807, 2.05) is 17.0 Å². The van der Waals surface area contributed by atoms with E-state index in [4.69, 9.17) is 11.6 Å². The zero-order valence-corrected chi connectivity index (χ0v) is 14.8. The number of hydrogen-bond donors (Lipinski definition) is 1. The van der Waals surface area contributed by atoms with Crippen molar-refractivity contribution in [2.24, 2.45) is 0 Å². The number of hydrogen-bond acceptors (Lipinski definition) is 3. The van der Waals surface area contributed by atoms with Gasteiger partial charge in [-0.15, -0.1) is 0 Å². The van der Waals surface area contributed by atoms with Crippen LogP contribution < -0.4 is 0 Å². The number of aliphatic hydroxyl groups excluding tert-OH is 1. The second kappa shape index (κ2) is 8.13. The lowest BCUT2D eigenvalue weighted by molar-refractivity contribution is 0.0462. The van der Waals surface area contributed by atoms with Crippen LogP contribution in [0.3, 0.4) is 0 Å². The fraction of sp³-hybridized carbons (Fsp3) is 0.350. The Labute approximate surface area is 149 Å². The summed E-state index contributed by atoms with van der Waals surface area (Å²) < 4.78 is 0. The molecule has 2 aromatic carbocycles. The third kappa shape index (κ3) is 4.37. The Morgan fingerprint density at radius 1 is 1.00 bits per heavy atom. The standard InChI is InChI=1S/C20H24ClN2O/c1-16(24)22-11-13-23(14-12-22)20(15-17-5-3-2-4-6-17)18-7-9-19(21)10-8-18/h2-10,20,24H,11-15H2,1H3. The van der Waals surface area contributed by atoms with Crippen LogP contribution >= 0.6 is 11.6 Å². The lowest BCUT2D eigenvalue weighted by atomic mass is 9.96. The van der Waals surface area contributed by atoms with E-state index in [9.17, 15) is 5.11 Å². The first-order chi connectivity index (χ1) is 11.6. The monoisotopic (exact) mass is 343 g/mol. The van der Waals surface area contributed by atoms with Gasteiger partial charge in [-0.25, -0.2) is 0 Å². The number of benzene rings is 2. The molecule has 0 bridgehead atoms. The molecule has 127 valence electrons. The van der Waals surface area contributed by atoms with Gasteiger partial charge >= 0.3 is 0 Å². The second-order valence-corrected chi connectivity index (χ2v) is 6.76. The molecule has 1 atom stereocenters. The lowest BCUT2D eigenvalue weighted by Gasteiger charge is -2.40. The van der Waals surface area contributed by atoms with Crippen molar-refractivity contribution in [2.45, 2.75) is 19.4 Å². The average molecular weight is 344 g/mol. The van der Waals surface area contributed by atoms with Gasteiger partial charge in [-0.1, -0.05) is 54.1 Å². The number of nitrogens with zero attached hydrogens (tertiary/aromatic N) is 2. The topological polar surface area (TPSA) is 26.7 Å². The molecule has 1 N–H and O–H groups in total. The van der Waals surface area contributed by atoms with E-state index in [1.165, 1.54) is 11.1 Å². The Morgan fingerprint density at radius 2 is 1.62 bits per heavy atom. The molecule has 1 aliphatic heterocycles. The molecule has 0 aliphatic carbocycles. The quantitative estimate of drug-likeness (QED) is 0.884. The minimum absolute atomic E-state index is 0.325. The Bertz CT molecular complexity index is 622. The van der Waals surface area contributed by atoms with Crippen LogP contribution in [-0.4, -0.2) is 41.1 Å². The van der Waals surface area contributed by atoms with E-state index in [2.05, 4.69) is 47.4 Å². The summed E-state index contributed by atoms with van der Waals surface area (Å²) in [6.07, 6.45) is 1.39. The zero-order chi connectivity index (χ0) is 16.9. The van der Waals surface area contributed by atoms with Gasteiger partial charge in [-0.05, 0) is 36.6 Å². The van der Waals surface area contributed by atoms with Crippen molar-refractivity contribution in [2.75, 3.05) is 26.2 Å². The summed E-state index contributed by atoms with van der Waals surface area (Å²) in [4.78, 5) is 4.55. The molecule has 0 spiro atoms. The molecule has 1 saturated heterocycles.